The van der Waals surface area contributed by atoms with Gasteiger partial charge in [-0.1, -0.05) is 12.1 Å². The number of benzene rings is 1. The maximum atomic E-state index is 8.59. The van der Waals surface area contributed by atoms with Crippen molar-refractivity contribution in [2.24, 2.45) is 0 Å². The molecule has 2 aromatic rings. The van der Waals surface area contributed by atoms with Crippen LogP contribution in [0.3, 0.4) is 0 Å². The number of rotatable bonds is 1. The minimum Gasteiger partial charge on any atom is -0.399 e. The van der Waals surface area contributed by atoms with Gasteiger partial charge in [-0.3, -0.25) is 0 Å². The fourth-order valence-corrected chi connectivity index (χ4v) is 1.21. The number of nitrogen functional groups attached to an aromatic ring is 1. The smallest absolute Gasteiger partial charge is 0.159 e. The second-order valence-corrected chi connectivity index (χ2v) is 3.03. The lowest BCUT2D eigenvalue weighted by Gasteiger charge is -2.00. The van der Waals surface area contributed by atoms with Crippen molar-refractivity contribution in [2.45, 2.75) is 0 Å². The zero-order valence-corrected chi connectivity index (χ0v) is 7.88. The van der Waals surface area contributed by atoms with Crippen LogP contribution < -0.4 is 5.73 Å². The number of hydrogen-bond acceptors (Lipinski definition) is 4. The first-order chi connectivity index (χ1) is 7.29. The molecule has 4 nitrogen and oxygen atoms in total. The van der Waals surface area contributed by atoms with Crippen LogP contribution in [0.5, 0.6) is 0 Å². The Balaban J connectivity index is 2.42. The average molecular weight is 196 g/mol. The fourth-order valence-electron chi connectivity index (χ4n) is 1.21. The average Bonchev–Trinajstić information content (AvgIpc) is 2.29. The number of nitriles is 1. The van der Waals surface area contributed by atoms with Crippen molar-refractivity contribution >= 4 is 5.69 Å². The molecule has 0 saturated heterocycles. The molecule has 0 aliphatic carbocycles. The second kappa shape index (κ2) is 3.76. The van der Waals surface area contributed by atoms with Gasteiger partial charge in [0.05, 0.1) is 5.56 Å². The lowest BCUT2D eigenvalue weighted by Crippen LogP contribution is -1.91. The normalized spacial score (nSPS) is 9.53. The van der Waals surface area contributed by atoms with Gasteiger partial charge in [0, 0.05) is 23.6 Å². The minimum absolute atomic E-state index is 0.447. The molecule has 0 spiro atoms. The zero-order valence-electron chi connectivity index (χ0n) is 7.88. The molecule has 15 heavy (non-hydrogen) atoms. The summed E-state index contributed by atoms with van der Waals surface area (Å²) in [7, 11) is 0. The van der Waals surface area contributed by atoms with E-state index in [-0.39, 0.29) is 0 Å². The van der Waals surface area contributed by atoms with Gasteiger partial charge in [-0.05, 0) is 12.1 Å². The van der Waals surface area contributed by atoms with Crippen LogP contribution in [0, 0.1) is 11.3 Å². The Hall–Kier alpha value is -2.41. The Kier molecular flexibility index (Phi) is 2.30. The molecule has 0 unspecified atom stereocenters. The van der Waals surface area contributed by atoms with E-state index in [0.717, 1.165) is 5.56 Å². The van der Waals surface area contributed by atoms with Crippen molar-refractivity contribution in [1.29, 1.82) is 5.26 Å². The van der Waals surface area contributed by atoms with Gasteiger partial charge in [0.15, 0.2) is 5.82 Å². The molecule has 0 aliphatic rings. The monoisotopic (exact) mass is 196 g/mol. The Morgan fingerprint density at radius 1 is 1.20 bits per heavy atom. The Labute approximate surface area is 87.0 Å². The van der Waals surface area contributed by atoms with Crippen LogP contribution in [-0.2, 0) is 0 Å². The number of nitrogens with zero attached hydrogens (tertiary/aromatic N) is 3. The molecule has 1 heterocycles. The molecule has 72 valence electrons. The molecule has 0 bridgehead atoms. The summed E-state index contributed by atoms with van der Waals surface area (Å²) in [5.41, 5.74) is 7.60. The summed E-state index contributed by atoms with van der Waals surface area (Å²) in [6, 6.07) is 9.27. The highest BCUT2D eigenvalue weighted by atomic mass is 14.9. The van der Waals surface area contributed by atoms with E-state index in [1.54, 1.807) is 12.1 Å². The fraction of sp³-hybridized carbons (Fsp3) is 0. The summed E-state index contributed by atoms with van der Waals surface area (Å²) in [6.07, 6.45) is 2.98. The third-order valence-electron chi connectivity index (χ3n) is 1.93. The quantitative estimate of drug-likeness (QED) is 0.703. The van der Waals surface area contributed by atoms with Gasteiger partial charge in [-0.15, -0.1) is 0 Å². The van der Waals surface area contributed by atoms with Gasteiger partial charge < -0.3 is 5.73 Å². The number of anilines is 1. The summed E-state index contributed by atoms with van der Waals surface area (Å²) < 4.78 is 0. The van der Waals surface area contributed by atoms with Crippen LogP contribution >= 0.6 is 0 Å². The highest BCUT2D eigenvalue weighted by Crippen LogP contribution is 2.16. The van der Waals surface area contributed by atoms with Gasteiger partial charge in [0.25, 0.3) is 0 Å². The van der Waals surface area contributed by atoms with Crippen molar-refractivity contribution in [1.82, 2.24) is 9.97 Å². The molecule has 0 amide bonds. The van der Waals surface area contributed by atoms with Crippen LogP contribution in [-0.4, -0.2) is 9.97 Å². The van der Waals surface area contributed by atoms with Crippen LogP contribution in [0.15, 0.2) is 36.7 Å². The van der Waals surface area contributed by atoms with E-state index in [1.165, 1.54) is 12.4 Å². The molecule has 0 saturated carbocycles. The molecule has 1 aromatic heterocycles. The van der Waals surface area contributed by atoms with Gasteiger partial charge in [-0.25, -0.2) is 9.97 Å². The molecule has 2 N–H and O–H groups in total. The SMILES string of the molecule is N#Cc1cnc(-c2cccc(N)c2)nc1. The Morgan fingerprint density at radius 3 is 2.53 bits per heavy atom. The lowest BCUT2D eigenvalue weighted by atomic mass is 10.2. The first-order valence-corrected chi connectivity index (χ1v) is 4.37. The van der Waals surface area contributed by atoms with E-state index in [0.29, 0.717) is 17.1 Å². The molecule has 0 fully saturated rings. The van der Waals surface area contributed by atoms with Crippen molar-refractivity contribution in [3.63, 3.8) is 0 Å². The zero-order chi connectivity index (χ0) is 10.7. The second-order valence-electron chi connectivity index (χ2n) is 3.03. The van der Waals surface area contributed by atoms with Gasteiger partial charge in [0.1, 0.15) is 6.07 Å². The molecule has 0 aliphatic heterocycles. The largest absolute Gasteiger partial charge is 0.399 e. The topological polar surface area (TPSA) is 75.6 Å². The van der Waals surface area contributed by atoms with Crippen molar-refractivity contribution in [3.05, 3.63) is 42.2 Å². The van der Waals surface area contributed by atoms with E-state index >= 15 is 0 Å². The molecular formula is C11H8N4. The predicted molar refractivity (Wildman–Crippen MR) is 56.6 cm³/mol. The van der Waals surface area contributed by atoms with E-state index < -0.39 is 0 Å². The number of nitrogens with two attached hydrogens (primary N) is 1. The maximum Gasteiger partial charge on any atom is 0.159 e. The summed E-state index contributed by atoms with van der Waals surface area (Å²) in [5, 5.41) is 8.59. The van der Waals surface area contributed by atoms with E-state index in [1.807, 2.05) is 18.2 Å². The third-order valence-corrected chi connectivity index (χ3v) is 1.93. The first-order valence-electron chi connectivity index (χ1n) is 4.37. The van der Waals surface area contributed by atoms with Crippen LogP contribution in [0.1, 0.15) is 5.56 Å². The summed E-state index contributed by atoms with van der Waals surface area (Å²) in [4.78, 5) is 8.14. The molecule has 4 heteroatoms. The van der Waals surface area contributed by atoms with Crippen LogP contribution in [0.4, 0.5) is 5.69 Å². The van der Waals surface area contributed by atoms with Gasteiger partial charge in [-0.2, -0.15) is 5.26 Å². The van der Waals surface area contributed by atoms with Gasteiger partial charge >= 0.3 is 0 Å². The Bertz CT molecular complexity index is 511. The third kappa shape index (κ3) is 1.92. The van der Waals surface area contributed by atoms with Crippen LogP contribution in [0.25, 0.3) is 11.4 Å². The van der Waals surface area contributed by atoms with Crippen molar-refractivity contribution < 1.29 is 0 Å². The molecule has 0 radical (unpaired) electrons. The predicted octanol–water partition coefficient (Wildman–Crippen LogP) is 1.60. The molecule has 2 rings (SSSR count). The molecule has 0 atom stereocenters. The van der Waals surface area contributed by atoms with E-state index in [9.17, 15) is 0 Å². The minimum atomic E-state index is 0.447. The summed E-state index contributed by atoms with van der Waals surface area (Å²) in [6.45, 7) is 0. The Morgan fingerprint density at radius 2 is 1.93 bits per heavy atom. The highest BCUT2D eigenvalue weighted by Gasteiger charge is 2.00. The molecular weight excluding hydrogens is 188 g/mol. The summed E-state index contributed by atoms with van der Waals surface area (Å²) in [5.74, 6) is 0.571. The van der Waals surface area contributed by atoms with Gasteiger partial charge in [0.2, 0.25) is 0 Å². The van der Waals surface area contributed by atoms with E-state index in [2.05, 4.69) is 9.97 Å². The van der Waals surface area contributed by atoms with Crippen molar-refractivity contribution in [3.8, 4) is 17.5 Å². The molecule has 1 aromatic carbocycles. The first kappa shape index (κ1) is 9.16. The number of aromatic nitrogens is 2. The maximum absolute atomic E-state index is 8.59. The standard InChI is InChI=1S/C11H8N4/c12-5-8-6-14-11(15-7-8)9-2-1-3-10(13)4-9/h1-4,6-7H,13H2. The summed E-state index contributed by atoms with van der Waals surface area (Å²) >= 11 is 0. The van der Waals surface area contributed by atoms with E-state index in [4.69, 9.17) is 11.0 Å². The lowest BCUT2D eigenvalue weighted by molar-refractivity contribution is 1.16. The van der Waals surface area contributed by atoms with Crippen molar-refractivity contribution in [2.75, 3.05) is 5.73 Å². The number of hydrogen-bond donors (Lipinski definition) is 1. The highest BCUT2D eigenvalue weighted by molar-refractivity contribution is 5.60. The van der Waals surface area contributed by atoms with Crippen LogP contribution in [0.2, 0.25) is 0 Å².